The molecular formula is C11H19BrN2OS. The fourth-order valence-corrected chi connectivity index (χ4v) is 2.86. The zero-order valence-electron chi connectivity index (χ0n) is 9.90. The van der Waals surface area contributed by atoms with Crippen LogP contribution in [-0.4, -0.2) is 22.7 Å². The fourth-order valence-electron chi connectivity index (χ4n) is 1.61. The molecule has 0 fully saturated rings. The van der Waals surface area contributed by atoms with Crippen molar-refractivity contribution < 1.29 is 5.11 Å². The summed E-state index contributed by atoms with van der Waals surface area (Å²) in [5.41, 5.74) is 0. The molecule has 0 aliphatic heterocycles. The summed E-state index contributed by atoms with van der Waals surface area (Å²) in [5.74, 6) is 0.512. The summed E-state index contributed by atoms with van der Waals surface area (Å²) in [7, 11) is 0. The van der Waals surface area contributed by atoms with Gasteiger partial charge in [-0.1, -0.05) is 13.8 Å². The average Bonchev–Trinajstić information content (AvgIpc) is 2.64. The molecule has 3 nitrogen and oxygen atoms in total. The van der Waals surface area contributed by atoms with Gasteiger partial charge in [-0.25, -0.2) is 4.98 Å². The average molecular weight is 307 g/mol. The van der Waals surface area contributed by atoms with Gasteiger partial charge in [-0.15, -0.1) is 11.3 Å². The monoisotopic (exact) mass is 306 g/mol. The molecule has 0 saturated carbocycles. The molecule has 1 heterocycles. The van der Waals surface area contributed by atoms with E-state index in [9.17, 15) is 0 Å². The van der Waals surface area contributed by atoms with Crippen molar-refractivity contribution in [3.05, 3.63) is 15.0 Å². The Morgan fingerprint density at radius 2 is 2.19 bits per heavy atom. The molecule has 2 atom stereocenters. The number of hydrogen-bond acceptors (Lipinski definition) is 4. The molecule has 0 bridgehead atoms. The van der Waals surface area contributed by atoms with E-state index in [-0.39, 0.29) is 12.6 Å². The van der Waals surface area contributed by atoms with Gasteiger partial charge >= 0.3 is 0 Å². The number of thiazole rings is 1. The SMILES string of the molecule is CC(NC(CCO)C(C)C)c1ncc(Br)s1. The van der Waals surface area contributed by atoms with Crippen LogP contribution in [0.15, 0.2) is 9.98 Å². The lowest BCUT2D eigenvalue weighted by atomic mass is 10.0. The molecule has 0 saturated heterocycles. The Morgan fingerprint density at radius 3 is 2.62 bits per heavy atom. The van der Waals surface area contributed by atoms with Gasteiger partial charge in [0.25, 0.3) is 0 Å². The van der Waals surface area contributed by atoms with Gasteiger partial charge < -0.3 is 10.4 Å². The minimum Gasteiger partial charge on any atom is -0.396 e. The lowest BCUT2D eigenvalue weighted by Gasteiger charge is -2.24. The van der Waals surface area contributed by atoms with Crippen molar-refractivity contribution in [3.8, 4) is 0 Å². The molecule has 0 aliphatic carbocycles. The second-order valence-corrected chi connectivity index (χ2v) is 6.70. The third-order valence-electron chi connectivity index (χ3n) is 2.57. The zero-order chi connectivity index (χ0) is 12.1. The van der Waals surface area contributed by atoms with Crippen LogP contribution >= 0.6 is 27.3 Å². The van der Waals surface area contributed by atoms with E-state index in [4.69, 9.17) is 5.11 Å². The maximum atomic E-state index is 9.01. The summed E-state index contributed by atoms with van der Waals surface area (Å²) >= 11 is 5.06. The molecule has 92 valence electrons. The summed E-state index contributed by atoms with van der Waals surface area (Å²) in [6.45, 7) is 6.66. The third kappa shape index (κ3) is 4.13. The molecule has 0 aromatic carbocycles. The minimum atomic E-state index is 0.226. The smallest absolute Gasteiger partial charge is 0.110 e. The van der Waals surface area contributed by atoms with E-state index in [0.29, 0.717) is 12.0 Å². The molecule has 0 amide bonds. The van der Waals surface area contributed by atoms with Gasteiger partial charge in [0.15, 0.2) is 0 Å². The summed E-state index contributed by atoms with van der Waals surface area (Å²) in [5, 5.41) is 13.6. The number of nitrogens with one attached hydrogen (secondary N) is 1. The van der Waals surface area contributed by atoms with Crippen LogP contribution in [0, 0.1) is 5.92 Å². The van der Waals surface area contributed by atoms with Crippen molar-refractivity contribution in [3.63, 3.8) is 0 Å². The van der Waals surface area contributed by atoms with Crippen molar-refractivity contribution in [2.24, 2.45) is 5.92 Å². The largest absolute Gasteiger partial charge is 0.396 e. The van der Waals surface area contributed by atoms with E-state index in [2.05, 4.69) is 47.0 Å². The lowest BCUT2D eigenvalue weighted by Crippen LogP contribution is -2.36. The number of aromatic nitrogens is 1. The second-order valence-electron chi connectivity index (χ2n) is 4.25. The van der Waals surface area contributed by atoms with E-state index in [1.807, 2.05) is 6.20 Å². The Hall–Kier alpha value is 0.0300. The first-order chi connectivity index (χ1) is 7.54. The molecule has 0 radical (unpaired) electrons. The van der Waals surface area contributed by atoms with Crippen molar-refractivity contribution in [1.82, 2.24) is 10.3 Å². The molecule has 1 rings (SSSR count). The van der Waals surface area contributed by atoms with Crippen molar-refractivity contribution in [2.45, 2.75) is 39.3 Å². The van der Waals surface area contributed by atoms with E-state index in [1.54, 1.807) is 11.3 Å². The van der Waals surface area contributed by atoms with Crippen LogP contribution in [0.5, 0.6) is 0 Å². The normalized spacial score (nSPS) is 15.4. The highest BCUT2D eigenvalue weighted by Crippen LogP contribution is 2.25. The lowest BCUT2D eigenvalue weighted by molar-refractivity contribution is 0.237. The first-order valence-corrected chi connectivity index (χ1v) is 7.13. The Morgan fingerprint density at radius 1 is 1.50 bits per heavy atom. The molecule has 16 heavy (non-hydrogen) atoms. The molecule has 5 heteroatoms. The van der Waals surface area contributed by atoms with Crippen LogP contribution in [0.25, 0.3) is 0 Å². The molecule has 0 spiro atoms. The number of rotatable bonds is 6. The summed E-state index contributed by atoms with van der Waals surface area (Å²) in [4.78, 5) is 4.33. The van der Waals surface area contributed by atoms with Gasteiger partial charge in [-0.3, -0.25) is 0 Å². The first-order valence-electron chi connectivity index (χ1n) is 5.52. The zero-order valence-corrected chi connectivity index (χ0v) is 12.3. The number of aliphatic hydroxyl groups is 1. The fraction of sp³-hybridized carbons (Fsp3) is 0.727. The third-order valence-corrected chi connectivity index (χ3v) is 4.23. The highest BCUT2D eigenvalue weighted by atomic mass is 79.9. The van der Waals surface area contributed by atoms with E-state index in [1.165, 1.54) is 0 Å². The van der Waals surface area contributed by atoms with Gasteiger partial charge in [0.05, 0.1) is 16.0 Å². The molecule has 0 aliphatic rings. The second kappa shape index (κ2) is 6.69. The Labute approximate surface area is 109 Å². The van der Waals surface area contributed by atoms with Crippen LogP contribution in [-0.2, 0) is 0 Å². The van der Waals surface area contributed by atoms with Crippen LogP contribution < -0.4 is 5.32 Å². The molecular weight excluding hydrogens is 288 g/mol. The predicted molar refractivity (Wildman–Crippen MR) is 71.7 cm³/mol. The molecule has 2 unspecified atom stereocenters. The Bertz CT molecular complexity index is 317. The van der Waals surface area contributed by atoms with Crippen molar-refractivity contribution in [1.29, 1.82) is 0 Å². The van der Waals surface area contributed by atoms with Gasteiger partial charge in [-0.05, 0) is 35.2 Å². The summed E-state index contributed by atoms with van der Waals surface area (Å²) in [6.07, 6.45) is 2.61. The molecule has 1 aromatic heterocycles. The molecule has 2 N–H and O–H groups in total. The number of nitrogens with zero attached hydrogens (tertiary/aromatic N) is 1. The highest BCUT2D eigenvalue weighted by molar-refractivity contribution is 9.11. The summed E-state index contributed by atoms with van der Waals surface area (Å²) < 4.78 is 1.06. The van der Waals surface area contributed by atoms with Gasteiger partial charge in [0, 0.05) is 12.6 Å². The highest BCUT2D eigenvalue weighted by Gasteiger charge is 2.17. The van der Waals surface area contributed by atoms with Crippen LogP contribution in [0.1, 0.15) is 38.2 Å². The minimum absolute atomic E-state index is 0.226. The Balaban J connectivity index is 2.57. The maximum absolute atomic E-state index is 9.01. The molecule has 1 aromatic rings. The quantitative estimate of drug-likeness (QED) is 0.849. The predicted octanol–water partition coefficient (Wildman–Crippen LogP) is 2.96. The topological polar surface area (TPSA) is 45.1 Å². The van der Waals surface area contributed by atoms with E-state index < -0.39 is 0 Å². The number of hydrogen-bond donors (Lipinski definition) is 2. The maximum Gasteiger partial charge on any atom is 0.110 e. The van der Waals surface area contributed by atoms with Crippen LogP contribution in [0.3, 0.4) is 0 Å². The van der Waals surface area contributed by atoms with E-state index >= 15 is 0 Å². The van der Waals surface area contributed by atoms with E-state index in [0.717, 1.165) is 15.2 Å². The van der Waals surface area contributed by atoms with Gasteiger partial charge in [0.1, 0.15) is 5.01 Å². The van der Waals surface area contributed by atoms with Crippen LogP contribution in [0.2, 0.25) is 0 Å². The van der Waals surface area contributed by atoms with Crippen LogP contribution in [0.4, 0.5) is 0 Å². The first kappa shape index (κ1) is 14.1. The number of aliphatic hydroxyl groups excluding tert-OH is 1. The standard InChI is InChI=1S/C11H19BrN2OS/c1-7(2)9(4-5-15)14-8(3)11-13-6-10(12)16-11/h6-9,14-15H,4-5H2,1-3H3. The summed E-state index contributed by atoms with van der Waals surface area (Å²) in [6, 6.07) is 0.568. The number of halogens is 1. The van der Waals surface area contributed by atoms with Gasteiger partial charge in [0.2, 0.25) is 0 Å². The van der Waals surface area contributed by atoms with Crippen molar-refractivity contribution in [2.75, 3.05) is 6.61 Å². The Kier molecular flexibility index (Phi) is 5.89. The van der Waals surface area contributed by atoms with Gasteiger partial charge in [-0.2, -0.15) is 0 Å². The van der Waals surface area contributed by atoms with Crippen molar-refractivity contribution >= 4 is 27.3 Å².